The Morgan fingerprint density at radius 3 is 2.82 bits per heavy atom. The van der Waals surface area contributed by atoms with Crippen LogP contribution < -0.4 is 5.73 Å². The zero-order valence-corrected chi connectivity index (χ0v) is 11.0. The summed E-state index contributed by atoms with van der Waals surface area (Å²) >= 11 is 0. The Morgan fingerprint density at radius 2 is 2.18 bits per heavy atom. The van der Waals surface area contributed by atoms with Gasteiger partial charge in [-0.15, -0.1) is 0 Å². The first kappa shape index (κ1) is 12.8. The first-order valence-electron chi connectivity index (χ1n) is 6.56. The van der Waals surface area contributed by atoms with E-state index in [0.717, 1.165) is 32.5 Å². The Balaban J connectivity index is 2.02. The van der Waals surface area contributed by atoms with Crippen molar-refractivity contribution >= 4 is 5.91 Å². The van der Waals surface area contributed by atoms with Crippen LogP contribution in [-0.4, -0.2) is 42.6 Å². The fourth-order valence-corrected chi connectivity index (χ4v) is 3.60. The van der Waals surface area contributed by atoms with Gasteiger partial charge in [0.2, 0.25) is 5.91 Å². The average molecular weight is 240 g/mol. The van der Waals surface area contributed by atoms with Crippen LogP contribution in [0.3, 0.4) is 0 Å². The number of hydrogen-bond acceptors (Lipinski definition) is 3. The molecular weight excluding hydrogens is 216 g/mol. The Kier molecular flexibility index (Phi) is 3.46. The predicted molar refractivity (Wildman–Crippen MR) is 66.6 cm³/mol. The normalized spacial score (nSPS) is 33.8. The van der Waals surface area contributed by atoms with E-state index in [4.69, 9.17) is 10.5 Å². The van der Waals surface area contributed by atoms with Crippen LogP contribution >= 0.6 is 0 Å². The number of piperidine rings is 1. The summed E-state index contributed by atoms with van der Waals surface area (Å²) in [6.45, 7) is 7.59. The SMILES string of the molecule is CC1(C)C[C@]2(CCCN(CC(N)=O)C2)CCO1. The maximum atomic E-state index is 11.0. The third kappa shape index (κ3) is 3.19. The van der Waals surface area contributed by atoms with Crippen LogP contribution in [0.1, 0.15) is 39.5 Å². The lowest BCUT2D eigenvalue weighted by Gasteiger charge is -2.49. The number of ether oxygens (including phenoxy) is 1. The molecule has 2 saturated heterocycles. The fourth-order valence-electron chi connectivity index (χ4n) is 3.60. The van der Waals surface area contributed by atoms with Crippen LogP contribution in [0.4, 0.5) is 0 Å². The van der Waals surface area contributed by atoms with E-state index in [0.29, 0.717) is 12.0 Å². The van der Waals surface area contributed by atoms with Crippen molar-refractivity contribution in [2.24, 2.45) is 11.1 Å². The van der Waals surface area contributed by atoms with E-state index >= 15 is 0 Å². The number of likely N-dealkylation sites (tertiary alicyclic amines) is 1. The zero-order chi connectivity index (χ0) is 12.5. The minimum absolute atomic E-state index is 0.0199. The first-order chi connectivity index (χ1) is 7.91. The molecular formula is C13H24N2O2. The van der Waals surface area contributed by atoms with E-state index < -0.39 is 0 Å². The molecule has 0 aromatic carbocycles. The summed E-state index contributed by atoms with van der Waals surface area (Å²) in [6.07, 6.45) is 4.64. The summed E-state index contributed by atoms with van der Waals surface area (Å²) in [5, 5.41) is 0. The van der Waals surface area contributed by atoms with Crippen molar-refractivity contribution in [1.82, 2.24) is 4.90 Å². The van der Waals surface area contributed by atoms with Crippen molar-refractivity contribution in [1.29, 1.82) is 0 Å². The fraction of sp³-hybridized carbons (Fsp3) is 0.923. The van der Waals surface area contributed by atoms with Crippen molar-refractivity contribution < 1.29 is 9.53 Å². The first-order valence-corrected chi connectivity index (χ1v) is 6.56. The number of carbonyl (C=O) groups is 1. The van der Waals surface area contributed by atoms with Gasteiger partial charge in [0, 0.05) is 13.2 Å². The van der Waals surface area contributed by atoms with E-state index in [1.807, 2.05) is 0 Å². The standard InChI is InChI=1S/C13H24N2O2/c1-12(2)9-13(5-7-17-12)4-3-6-15(10-13)8-11(14)16/h3-10H2,1-2H3,(H2,14,16)/t13-/m0/s1. The molecule has 0 saturated carbocycles. The highest BCUT2D eigenvalue weighted by Gasteiger charge is 2.43. The largest absolute Gasteiger partial charge is 0.376 e. The summed E-state index contributed by atoms with van der Waals surface area (Å²) in [5.41, 5.74) is 5.61. The Morgan fingerprint density at radius 1 is 1.41 bits per heavy atom. The van der Waals surface area contributed by atoms with Gasteiger partial charge in [0.15, 0.2) is 0 Å². The third-order valence-electron chi connectivity index (χ3n) is 4.05. The van der Waals surface area contributed by atoms with Crippen LogP contribution in [-0.2, 0) is 9.53 Å². The molecule has 0 bridgehead atoms. The maximum Gasteiger partial charge on any atom is 0.231 e. The van der Waals surface area contributed by atoms with Gasteiger partial charge in [-0.1, -0.05) is 0 Å². The van der Waals surface area contributed by atoms with Gasteiger partial charge in [0.1, 0.15) is 0 Å². The lowest BCUT2D eigenvalue weighted by molar-refractivity contribution is -0.129. The number of nitrogens with zero attached hydrogens (tertiary/aromatic N) is 1. The summed E-state index contributed by atoms with van der Waals surface area (Å²) in [7, 11) is 0. The summed E-state index contributed by atoms with van der Waals surface area (Å²) < 4.78 is 5.80. The molecule has 0 aromatic rings. The average Bonchev–Trinajstić information content (AvgIpc) is 2.13. The third-order valence-corrected chi connectivity index (χ3v) is 4.05. The number of rotatable bonds is 2. The van der Waals surface area contributed by atoms with Crippen molar-refractivity contribution in [2.45, 2.75) is 45.1 Å². The van der Waals surface area contributed by atoms with Crippen LogP contribution in [0.5, 0.6) is 0 Å². The van der Waals surface area contributed by atoms with Gasteiger partial charge < -0.3 is 10.5 Å². The molecule has 2 N–H and O–H groups in total. The van der Waals surface area contributed by atoms with Crippen molar-refractivity contribution in [2.75, 3.05) is 26.2 Å². The van der Waals surface area contributed by atoms with E-state index in [9.17, 15) is 4.79 Å². The number of hydrogen-bond donors (Lipinski definition) is 1. The smallest absolute Gasteiger partial charge is 0.231 e. The van der Waals surface area contributed by atoms with Crippen LogP contribution in [0.2, 0.25) is 0 Å². The summed E-state index contributed by atoms with van der Waals surface area (Å²) in [6, 6.07) is 0. The zero-order valence-electron chi connectivity index (χ0n) is 11.0. The Bertz CT molecular complexity index is 300. The summed E-state index contributed by atoms with van der Waals surface area (Å²) in [5.74, 6) is -0.214. The van der Waals surface area contributed by atoms with E-state index in [1.54, 1.807) is 0 Å². The van der Waals surface area contributed by atoms with E-state index in [1.165, 1.54) is 12.8 Å². The van der Waals surface area contributed by atoms with Gasteiger partial charge in [0.25, 0.3) is 0 Å². The second-order valence-electron chi connectivity index (χ2n) is 6.32. The molecule has 0 aromatic heterocycles. The van der Waals surface area contributed by atoms with Gasteiger partial charge in [-0.25, -0.2) is 0 Å². The number of primary amides is 1. The highest BCUT2D eigenvalue weighted by atomic mass is 16.5. The van der Waals surface area contributed by atoms with Gasteiger partial charge in [-0.3, -0.25) is 9.69 Å². The van der Waals surface area contributed by atoms with E-state index in [2.05, 4.69) is 18.7 Å². The van der Waals surface area contributed by atoms with Gasteiger partial charge >= 0.3 is 0 Å². The molecule has 0 radical (unpaired) electrons. The molecule has 2 fully saturated rings. The molecule has 2 rings (SSSR count). The number of nitrogens with two attached hydrogens (primary N) is 1. The summed E-state index contributed by atoms with van der Waals surface area (Å²) in [4.78, 5) is 13.2. The number of carbonyl (C=O) groups excluding carboxylic acids is 1. The Labute approximate surface area is 103 Å². The second-order valence-corrected chi connectivity index (χ2v) is 6.32. The lowest BCUT2D eigenvalue weighted by atomic mass is 9.69. The minimum atomic E-state index is -0.214. The maximum absolute atomic E-state index is 11.0. The molecule has 2 aliphatic rings. The van der Waals surface area contributed by atoms with Crippen molar-refractivity contribution in [3.05, 3.63) is 0 Å². The van der Waals surface area contributed by atoms with Gasteiger partial charge in [-0.2, -0.15) is 0 Å². The monoisotopic (exact) mass is 240 g/mol. The molecule has 1 spiro atoms. The molecule has 0 aliphatic carbocycles. The minimum Gasteiger partial charge on any atom is -0.376 e. The lowest BCUT2D eigenvalue weighted by Crippen LogP contribution is -2.52. The molecule has 98 valence electrons. The highest BCUT2D eigenvalue weighted by Crippen LogP contribution is 2.44. The molecule has 1 atom stereocenters. The predicted octanol–water partition coefficient (Wildman–Crippen LogP) is 1.14. The molecule has 2 aliphatic heterocycles. The molecule has 4 nitrogen and oxygen atoms in total. The quantitative estimate of drug-likeness (QED) is 0.787. The van der Waals surface area contributed by atoms with E-state index in [-0.39, 0.29) is 11.5 Å². The van der Waals surface area contributed by atoms with Crippen LogP contribution in [0.25, 0.3) is 0 Å². The Hall–Kier alpha value is -0.610. The van der Waals surface area contributed by atoms with Crippen molar-refractivity contribution in [3.8, 4) is 0 Å². The molecule has 1 amide bonds. The second kappa shape index (κ2) is 4.58. The van der Waals surface area contributed by atoms with Gasteiger partial charge in [0.05, 0.1) is 12.1 Å². The van der Waals surface area contributed by atoms with Crippen LogP contribution in [0, 0.1) is 5.41 Å². The van der Waals surface area contributed by atoms with Gasteiger partial charge in [-0.05, 0) is 51.5 Å². The molecule has 4 heteroatoms. The molecule has 0 unspecified atom stereocenters. The molecule has 2 heterocycles. The number of amides is 1. The van der Waals surface area contributed by atoms with Crippen molar-refractivity contribution in [3.63, 3.8) is 0 Å². The molecule has 17 heavy (non-hydrogen) atoms. The van der Waals surface area contributed by atoms with Crippen LogP contribution in [0.15, 0.2) is 0 Å². The topological polar surface area (TPSA) is 55.6 Å². The highest BCUT2D eigenvalue weighted by molar-refractivity contribution is 5.75.